The van der Waals surface area contributed by atoms with Gasteiger partial charge in [0.05, 0.1) is 24.8 Å². The predicted octanol–water partition coefficient (Wildman–Crippen LogP) is 4.77. The topological polar surface area (TPSA) is 94.5 Å². The number of carbonyl (C=O) groups is 2. The number of ether oxygens (including phenoxy) is 2. The normalized spacial score (nSPS) is 11.0. The van der Waals surface area contributed by atoms with Crippen LogP contribution in [0, 0.1) is 6.92 Å². The van der Waals surface area contributed by atoms with E-state index in [0.717, 1.165) is 22.5 Å². The van der Waals surface area contributed by atoms with Gasteiger partial charge in [0.1, 0.15) is 18.1 Å². The zero-order valence-electron chi connectivity index (χ0n) is 20.7. The Morgan fingerprint density at radius 1 is 0.973 bits per heavy atom. The second-order valence-electron chi connectivity index (χ2n) is 8.27. The predicted molar refractivity (Wildman–Crippen MR) is 141 cm³/mol. The Kier molecular flexibility index (Phi) is 8.33. The molecule has 37 heavy (non-hydrogen) atoms. The molecule has 1 heterocycles. The van der Waals surface area contributed by atoms with Gasteiger partial charge in [-0.25, -0.2) is 9.78 Å². The smallest absolute Gasteiger partial charge is 0.412 e. The third-order valence-electron chi connectivity index (χ3n) is 5.49. The highest BCUT2D eigenvalue weighted by Gasteiger charge is 2.15. The maximum atomic E-state index is 13.1. The molecule has 0 bridgehead atoms. The molecule has 0 unspecified atom stereocenters. The summed E-state index contributed by atoms with van der Waals surface area (Å²) >= 11 is 0. The molecular formula is C29H28N4O4. The second-order valence-corrected chi connectivity index (χ2v) is 8.27. The molecule has 0 spiro atoms. The van der Waals surface area contributed by atoms with Crippen LogP contribution < -0.4 is 15.4 Å². The average molecular weight is 497 g/mol. The molecule has 2 amide bonds. The molecule has 8 nitrogen and oxygen atoms in total. The van der Waals surface area contributed by atoms with Gasteiger partial charge in [-0.05, 0) is 41.8 Å². The SMILES string of the molecule is COc1cc(C=C(NC(=O)OCc2ccccc2)C(=O)NCc2ccccc2)ccc1-n1cnc(C)c1. The fourth-order valence-corrected chi connectivity index (χ4v) is 3.62. The number of imidazole rings is 1. The number of hydrogen-bond acceptors (Lipinski definition) is 5. The van der Waals surface area contributed by atoms with Gasteiger partial charge in [0.2, 0.25) is 0 Å². The molecule has 0 saturated carbocycles. The first-order valence-electron chi connectivity index (χ1n) is 11.7. The number of rotatable bonds is 9. The van der Waals surface area contributed by atoms with Crippen LogP contribution in [0.15, 0.2) is 97.1 Å². The standard InChI is InChI=1S/C29H28N4O4/c1-21-18-33(20-31-21)26-14-13-24(16-27(26)36-2)15-25(28(34)30-17-22-9-5-3-6-10-22)32-29(35)37-19-23-11-7-4-8-12-23/h3-16,18,20H,17,19H2,1-2H3,(H,30,34)(H,32,35). The van der Waals surface area contributed by atoms with Crippen LogP contribution >= 0.6 is 0 Å². The van der Waals surface area contributed by atoms with E-state index in [4.69, 9.17) is 9.47 Å². The third kappa shape index (κ3) is 7.08. The molecule has 0 saturated heterocycles. The summed E-state index contributed by atoms with van der Waals surface area (Å²) in [5.41, 5.74) is 4.15. The molecule has 0 fully saturated rings. The number of nitrogens with zero attached hydrogens (tertiary/aromatic N) is 2. The summed E-state index contributed by atoms with van der Waals surface area (Å²) in [6.07, 6.45) is 4.44. The van der Waals surface area contributed by atoms with Crippen molar-refractivity contribution in [3.63, 3.8) is 0 Å². The molecule has 0 radical (unpaired) electrons. The quantitative estimate of drug-likeness (QED) is 0.326. The highest BCUT2D eigenvalue weighted by atomic mass is 16.5. The summed E-state index contributed by atoms with van der Waals surface area (Å²) in [5, 5.41) is 5.44. The number of aromatic nitrogens is 2. The molecular weight excluding hydrogens is 468 g/mol. The molecule has 4 aromatic rings. The van der Waals surface area contributed by atoms with Gasteiger partial charge in [0, 0.05) is 12.7 Å². The largest absolute Gasteiger partial charge is 0.495 e. The lowest BCUT2D eigenvalue weighted by atomic mass is 10.1. The minimum absolute atomic E-state index is 0.0438. The summed E-state index contributed by atoms with van der Waals surface area (Å²) in [4.78, 5) is 29.9. The van der Waals surface area contributed by atoms with Gasteiger partial charge in [0.15, 0.2) is 0 Å². The summed E-state index contributed by atoms with van der Waals surface area (Å²) in [7, 11) is 1.57. The van der Waals surface area contributed by atoms with Gasteiger partial charge in [0.25, 0.3) is 5.91 Å². The fraction of sp³-hybridized carbons (Fsp3) is 0.138. The molecule has 4 rings (SSSR count). The van der Waals surface area contributed by atoms with E-state index in [9.17, 15) is 9.59 Å². The van der Waals surface area contributed by atoms with E-state index in [1.54, 1.807) is 25.6 Å². The zero-order valence-corrected chi connectivity index (χ0v) is 20.7. The van der Waals surface area contributed by atoms with E-state index >= 15 is 0 Å². The van der Waals surface area contributed by atoms with Crippen molar-refractivity contribution in [3.8, 4) is 11.4 Å². The number of carbonyl (C=O) groups excluding carboxylic acids is 2. The molecule has 2 N–H and O–H groups in total. The van der Waals surface area contributed by atoms with Crippen molar-refractivity contribution in [2.75, 3.05) is 7.11 Å². The first kappa shape index (κ1) is 25.2. The van der Waals surface area contributed by atoms with Gasteiger partial charge >= 0.3 is 6.09 Å². The molecule has 0 aliphatic heterocycles. The van der Waals surface area contributed by atoms with Crippen LogP contribution in [0.25, 0.3) is 11.8 Å². The minimum Gasteiger partial charge on any atom is -0.495 e. The molecule has 1 aromatic heterocycles. The van der Waals surface area contributed by atoms with Gasteiger partial charge in [-0.2, -0.15) is 0 Å². The fourth-order valence-electron chi connectivity index (χ4n) is 3.62. The average Bonchev–Trinajstić information content (AvgIpc) is 3.37. The molecule has 3 aromatic carbocycles. The van der Waals surface area contributed by atoms with Gasteiger partial charge in [-0.1, -0.05) is 66.7 Å². The lowest BCUT2D eigenvalue weighted by Gasteiger charge is -2.13. The first-order valence-corrected chi connectivity index (χ1v) is 11.7. The van der Waals surface area contributed by atoms with E-state index < -0.39 is 12.0 Å². The van der Waals surface area contributed by atoms with Crippen LogP contribution in [0.3, 0.4) is 0 Å². The number of methoxy groups -OCH3 is 1. The molecule has 188 valence electrons. The maximum absolute atomic E-state index is 13.1. The Morgan fingerprint density at radius 2 is 1.68 bits per heavy atom. The Hall–Kier alpha value is -4.85. The van der Waals surface area contributed by atoms with Crippen LogP contribution in [0.5, 0.6) is 5.75 Å². The molecule has 8 heteroatoms. The Labute approximate surface area is 215 Å². The van der Waals surface area contributed by atoms with E-state index in [-0.39, 0.29) is 12.3 Å². The van der Waals surface area contributed by atoms with Crippen LogP contribution in [-0.4, -0.2) is 28.7 Å². The van der Waals surface area contributed by atoms with E-state index in [2.05, 4.69) is 15.6 Å². The first-order chi connectivity index (χ1) is 18.0. The number of amides is 2. The monoisotopic (exact) mass is 496 g/mol. The molecule has 0 aliphatic carbocycles. The molecule has 0 atom stereocenters. The van der Waals surface area contributed by atoms with Crippen molar-refractivity contribution in [1.82, 2.24) is 20.2 Å². The van der Waals surface area contributed by atoms with Crippen molar-refractivity contribution < 1.29 is 19.1 Å². The van der Waals surface area contributed by atoms with Crippen molar-refractivity contribution >= 4 is 18.1 Å². The van der Waals surface area contributed by atoms with Crippen molar-refractivity contribution in [2.24, 2.45) is 0 Å². The van der Waals surface area contributed by atoms with Crippen molar-refractivity contribution in [3.05, 3.63) is 119 Å². The number of aryl methyl sites for hydroxylation is 1. The molecule has 0 aliphatic rings. The number of benzene rings is 3. The van der Waals surface area contributed by atoms with Crippen molar-refractivity contribution in [1.29, 1.82) is 0 Å². The van der Waals surface area contributed by atoms with Crippen LogP contribution in [0.4, 0.5) is 4.79 Å². The van der Waals surface area contributed by atoms with Crippen LogP contribution in [0.2, 0.25) is 0 Å². The van der Waals surface area contributed by atoms with Crippen molar-refractivity contribution in [2.45, 2.75) is 20.1 Å². The zero-order chi connectivity index (χ0) is 26.0. The summed E-state index contributed by atoms with van der Waals surface area (Å²) in [5.74, 6) is 0.135. The van der Waals surface area contributed by atoms with Crippen LogP contribution in [-0.2, 0) is 22.7 Å². The van der Waals surface area contributed by atoms with E-state index in [0.29, 0.717) is 17.9 Å². The lowest BCUT2D eigenvalue weighted by Crippen LogP contribution is -2.34. The van der Waals surface area contributed by atoms with Gasteiger partial charge < -0.3 is 19.4 Å². The van der Waals surface area contributed by atoms with E-state index in [1.807, 2.05) is 90.5 Å². The second kappa shape index (κ2) is 12.2. The van der Waals surface area contributed by atoms with Crippen LogP contribution in [0.1, 0.15) is 22.4 Å². The lowest BCUT2D eigenvalue weighted by molar-refractivity contribution is -0.117. The maximum Gasteiger partial charge on any atom is 0.412 e. The Morgan fingerprint density at radius 3 is 2.32 bits per heavy atom. The van der Waals surface area contributed by atoms with Gasteiger partial charge in [-0.3, -0.25) is 10.1 Å². The number of hydrogen-bond donors (Lipinski definition) is 2. The highest BCUT2D eigenvalue weighted by Crippen LogP contribution is 2.25. The number of nitrogens with one attached hydrogen (secondary N) is 2. The summed E-state index contributed by atoms with van der Waals surface area (Å²) < 4.78 is 12.8. The Balaban J connectivity index is 1.55. The summed E-state index contributed by atoms with van der Waals surface area (Å²) in [6.45, 7) is 2.29. The van der Waals surface area contributed by atoms with Gasteiger partial charge in [-0.15, -0.1) is 0 Å². The third-order valence-corrected chi connectivity index (χ3v) is 5.49. The number of alkyl carbamates (subject to hydrolysis) is 1. The minimum atomic E-state index is -0.734. The Bertz CT molecular complexity index is 1380. The van der Waals surface area contributed by atoms with E-state index in [1.165, 1.54) is 0 Å². The highest BCUT2D eigenvalue weighted by molar-refractivity contribution is 6.00. The summed E-state index contributed by atoms with van der Waals surface area (Å²) in [6, 6.07) is 24.3.